The number of esters is 1. The van der Waals surface area contributed by atoms with Crippen LogP contribution in [-0.4, -0.2) is 23.1 Å². The van der Waals surface area contributed by atoms with Gasteiger partial charge in [-0.1, -0.05) is 226 Å². The monoisotopic (exact) mass is 707 g/mol. The van der Waals surface area contributed by atoms with Crippen LogP contribution in [0, 0.1) is 0 Å². The zero-order valence-electron chi connectivity index (χ0n) is 34.2. The van der Waals surface area contributed by atoms with Crippen molar-refractivity contribution in [3.05, 3.63) is 0 Å². The number of carboxylic acid groups (broad SMARTS) is 1. The van der Waals surface area contributed by atoms with E-state index in [4.69, 9.17) is 9.84 Å². The Kier molecular flexibility index (Phi) is 41.5. The van der Waals surface area contributed by atoms with Gasteiger partial charge in [0.2, 0.25) is 0 Å². The minimum absolute atomic E-state index is 0.0502. The van der Waals surface area contributed by atoms with Crippen LogP contribution in [0.1, 0.15) is 277 Å². The first kappa shape index (κ1) is 48.9. The van der Waals surface area contributed by atoms with Gasteiger partial charge in [-0.2, -0.15) is 0 Å². The Bertz CT molecular complexity index is 677. The van der Waals surface area contributed by atoms with Crippen molar-refractivity contribution in [2.75, 3.05) is 0 Å². The Morgan fingerprint density at radius 1 is 0.360 bits per heavy atom. The van der Waals surface area contributed by atoms with Gasteiger partial charge in [0, 0.05) is 12.8 Å². The molecule has 0 radical (unpaired) electrons. The SMILES string of the molecule is CCCCCCCCCCCCCCCCCCCCCC(=O)OC(CCCCC)CCCCCCCCCCCCCCCCCC(=O)O. The number of carbonyl (C=O) groups excluding carboxylic acids is 1. The van der Waals surface area contributed by atoms with E-state index in [0.717, 1.165) is 32.1 Å². The van der Waals surface area contributed by atoms with E-state index in [-0.39, 0.29) is 12.1 Å². The summed E-state index contributed by atoms with van der Waals surface area (Å²) in [4.78, 5) is 23.2. The zero-order chi connectivity index (χ0) is 36.4. The lowest BCUT2D eigenvalue weighted by Gasteiger charge is -2.18. The Balaban J connectivity index is 3.61. The summed E-state index contributed by atoms with van der Waals surface area (Å²) in [5.41, 5.74) is 0. The minimum Gasteiger partial charge on any atom is -0.481 e. The average molecular weight is 707 g/mol. The number of hydrogen-bond acceptors (Lipinski definition) is 3. The van der Waals surface area contributed by atoms with E-state index in [9.17, 15) is 9.59 Å². The fourth-order valence-corrected chi connectivity index (χ4v) is 7.42. The molecule has 0 aliphatic carbocycles. The molecule has 4 nitrogen and oxygen atoms in total. The van der Waals surface area contributed by atoms with Crippen LogP contribution in [0.15, 0.2) is 0 Å². The van der Waals surface area contributed by atoms with E-state index < -0.39 is 5.97 Å². The number of ether oxygens (including phenoxy) is 1. The molecule has 0 amide bonds. The number of carbonyl (C=O) groups is 2. The predicted octanol–water partition coefficient (Wildman–Crippen LogP) is 16.0. The molecule has 0 saturated carbocycles. The van der Waals surface area contributed by atoms with Crippen LogP contribution >= 0.6 is 0 Å². The molecule has 0 fully saturated rings. The molecular weight excluding hydrogens is 617 g/mol. The molecule has 0 aromatic carbocycles. The summed E-state index contributed by atoms with van der Waals surface area (Å²) in [6.07, 6.45) is 51.9. The lowest BCUT2D eigenvalue weighted by molar-refractivity contribution is -0.150. The van der Waals surface area contributed by atoms with Crippen molar-refractivity contribution in [3.63, 3.8) is 0 Å². The highest BCUT2D eigenvalue weighted by Crippen LogP contribution is 2.19. The van der Waals surface area contributed by atoms with Gasteiger partial charge in [-0.15, -0.1) is 0 Å². The summed E-state index contributed by atoms with van der Waals surface area (Å²) in [6.45, 7) is 4.54. The van der Waals surface area contributed by atoms with Gasteiger partial charge >= 0.3 is 11.9 Å². The lowest BCUT2D eigenvalue weighted by Crippen LogP contribution is -2.18. The molecule has 0 aliphatic rings. The van der Waals surface area contributed by atoms with E-state index >= 15 is 0 Å². The highest BCUT2D eigenvalue weighted by Gasteiger charge is 2.14. The van der Waals surface area contributed by atoms with Crippen molar-refractivity contribution >= 4 is 11.9 Å². The second-order valence-electron chi connectivity index (χ2n) is 16.0. The number of aliphatic carboxylic acids is 1. The molecule has 1 N–H and O–H groups in total. The summed E-state index contributed by atoms with van der Waals surface area (Å²) in [5, 5.41) is 8.68. The molecule has 0 heterocycles. The Morgan fingerprint density at radius 3 is 0.920 bits per heavy atom. The third kappa shape index (κ3) is 41.4. The fourth-order valence-electron chi connectivity index (χ4n) is 7.42. The summed E-state index contributed by atoms with van der Waals surface area (Å²) in [6, 6.07) is 0. The molecule has 0 aliphatic heterocycles. The lowest BCUT2D eigenvalue weighted by atomic mass is 10.0. The third-order valence-electron chi connectivity index (χ3n) is 10.8. The zero-order valence-corrected chi connectivity index (χ0v) is 34.2. The number of rotatable bonds is 43. The Labute approximate surface area is 313 Å². The second-order valence-corrected chi connectivity index (χ2v) is 16.0. The smallest absolute Gasteiger partial charge is 0.306 e. The summed E-state index contributed by atoms with van der Waals surface area (Å²) in [7, 11) is 0. The van der Waals surface area contributed by atoms with Gasteiger partial charge in [0.25, 0.3) is 0 Å². The van der Waals surface area contributed by atoms with E-state index in [1.54, 1.807) is 0 Å². The second kappa shape index (κ2) is 42.4. The highest BCUT2D eigenvalue weighted by molar-refractivity contribution is 5.69. The molecule has 0 aromatic heterocycles. The van der Waals surface area contributed by atoms with Gasteiger partial charge in [0.15, 0.2) is 0 Å². The van der Waals surface area contributed by atoms with Crippen LogP contribution in [0.25, 0.3) is 0 Å². The van der Waals surface area contributed by atoms with Crippen LogP contribution in [0.2, 0.25) is 0 Å². The van der Waals surface area contributed by atoms with Crippen LogP contribution in [0.5, 0.6) is 0 Å². The van der Waals surface area contributed by atoms with Crippen LogP contribution in [0.4, 0.5) is 0 Å². The maximum absolute atomic E-state index is 12.6. The maximum Gasteiger partial charge on any atom is 0.306 e. The molecule has 1 atom stereocenters. The summed E-state index contributed by atoms with van der Waals surface area (Å²) < 4.78 is 6.01. The Hall–Kier alpha value is -1.06. The van der Waals surface area contributed by atoms with Gasteiger partial charge in [0.05, 0.1) is 0 Å². The minimum atomic E-state index is -0.662. The predicted molar refractivity (Wildman–Crippen MR) is 218 cm³/mol. The number of carboxylic acids is 1. The maximum atomic E-state index is 12.6. The van der Waals surface area contributed by atoms with Gasteiger partial charge in [-0.05, 0) is 38.5 Å². The van der Waals surface area contributed by atoms with E-state index in [1.165, 1.54) is 218 Å². The van der Waals surface area contributed by atoms with Gasteiger partial charge < -0.3 is 9.84 Å². The van der Waals surface area contributed by atoms with Crippen LogP contribution in [0.3, 0.4) is 0 Å². The number of unbranched alkanes of at least 4 members (excludes halogenated alkanes) is 34. The average Bonchev–Trinajstić information content (AvgIpc) is 3.10. The van der Waals surface area contributed by atoms with Crippen molar-refractivity contribution < 1.29 is 19.4 Å². The van der Waals surface area contributed by atoms with Crippen LogP contribution < -0.4 is 0 Å². The van der Waals surface area contributed by atoms with Crippen molar-refractivity contribution in [1.29, 1.82) is 0 Å². The summed E-state index contributed by atoms with van der Waals surface area (Å²) >= 11 is 0. The van der Waals surface area contributed by atoms with E-state index in [0.29, 0.717) is 12.8 Å². The number of hydrogen-bond donors (Lipinski definition) is 1. The Morgan fingerprint density at radius 2 is 0.600 bits per heavy atom. The van der Waals surface area contributed by atoms with Crippen molar-refractivity contribution in [3.8, 4) is 0 Å². The molecule has 0 aromatic rings. The molecule has 1 unspecified atom stereocenters. The molecular formula is C46H90O4. The van der Waals surface area contributed by atoms with E-state index in [2.05, 4.69) is 13.8 Å². The van der Waals surface area contributed by atoms with Crippen LogP contribution in [-0.2, 0) is 14.3 Å². The molecule has 4 heteroatoms. The first-order chi connectivity index (χ1) is 24.6. The van der Waals surface area contributed by atoms with E-state index in [1.807, 2.05) is 0 Å². The molecule has 50 heavy (non-hydrogen) atoms. The third-order valence-corrected chi connectivity index (χ3v) is 10.8. The molecule has 0 rings (SSSR count). The largest absolute Gasteiger partial charge is 0.481 e. The molecule has 0 spiro atoms. The molecule has 298 valence electrons. The highest BCUT2D eigenvalue weighted by atomic mass is 16.5. The first-order valence-electron chi connectivity index (χ1n) is 23.0. The summed E-state index contributed by atoms with van der Waals surface area (Å²) in [5.74, 6) is -0.612. The molecule has 0 bridgehead atoms. The fraction of sp³-hybridized carbons (Fsp3) is 0.957. The quantitative estimate of drug-likeness (QED) is 0.0506. The standard InChI is InChI=1S/C46H90O4/c1-3-5-7-8-9-10-11-12-13-14-15-16-20-23-26-29-32-35-39-43-46(49)50-44(40-36-6-4-2)41-37-33-30-27-24-21-18-17-19-22-25-28-31-34-38-42-45(47)48/h44H,3-43H2,1-2H3,(H,47,48). The van der Waals surface area contributed by atoms with Gasteiger partial charge in [-0.25, -0.2) is 0 Å². The topological polar surface area (TPSA) is 63.6 Å². The van der Waals surface area contributed by atoms with Gasteiger partial charge in [0.1, 0.15) is 6.10 Å². The molecule has 0 saturated heterocycles. The van der Waals surface area contributed by atoms with Crippen molar-refractivity contribution in [2.45, 2.75) is 283 Å². The first-order valence-corrected chi connectivity index (χ1v) is 23.0. The normalized spacial score (nSPS) is 12.0. The van der Waals surface area contributed by atoms with Crippen molar-refractivity contribution in [1.82, 2.24) is 0 Å². The van der Waals surface area contributed by atoms with Gasteiger partial charge in [-0.3, -0.25) is 9.59 Å². The van der Waals surface area contributed by atoms with Crippen molar-refractivity contribution in [2.24, 2.45) is 0 Å².